The molecule has 0 aliphatic carbocycles. The lowest BCUT2D eigenvalue weighted by Gasteiger charge is -2.18. The molecule has 0 heterocycles. The fourth-order valence-corrected chi connectivity index (χ4v) is 1.96. The Morgan fingerprint density at radius 2 is 1.55 bits per heavy atom. The number of ether oxygens (including phenoxy) is 2. The number of hydrogen-bond acceptors (Lipinski definition) is 3. The van der Waals surface area contributed by atoms with Crippen molar-refractivity contribution in [3.05, 3.63) is 23.8 Å². The Bertz CT molecular complexity index is 480. The van der Waals surface area contributed by atoms with Gasteiger partial charge in [-0.2, -0.15) is 0 Å². The van der Waals surface area contributed by atoms with Crippen LogP contribution in [0.4, 0.5) is 0 Å². The number of hydrogen-bond donors (Lipinski definition) is 1. The van der Waals surface area contributed by atoms with Crippen molar-refractivity contribution < 1.29 is 19.4 Å². The molecule has 0 radical (unpaired) electrons. The Kier molecular flexibility index (Phi) is 7.22. The fraction of sp³-hybridized carbons (Fsp3) is 0.611. The predicted octanol–water partition coefficient (Wildman–Crippen LogP) is 4.33. The molecule has 0 saturated heterocycles. The lowest BCUT2D eigenvalue weighted by atomic mass is 9.97. The molecule has 0 saturated carbocycles. The quantitative estimate of drug-likeness (QED) is 0.737. The maximum atomic E-state index is 10.9. The maximum Gasteiger partial charge on any atom is 0.303 e. The highest BCUT2D eigenvalue weighted by molar-refractivity contribution is 5.68. The molecule has 4 heteroatoms. The molecular weight excluding hydrogens is 280 g/mol. The molecule has 0 aliphatic heterocycles. The largest absolute Gasteiger partial charge is 0.489 e. The van der Waals surface area contributed by atoms with Gasteiger partial charge in [0.2, 0.25) is 0 Å². The van der Waals surface area contributed by atoms with Crippen molar-refractivity contribution >= 4 is 5.97 Å². The van der Waals surface area contributed by atoms with Gasteiger partial charge in [-0.05, 0) is 35.4 Å². The highest BCUT2D eigenvalue weighted by Gasteiger charge is 2.14. The van der Waals surface area contributed by atoms with E-state index in [0.717, 1.165) is 11.3 Å². The van der Waals surface area contributed by atoms with Crippen molar-refractivity contribution in [2.24, 2.45) is 11.8 Å². The standard InChI is InChI=1S/C18H28O4/c1-12(2)10-21-16-7-6-15(14(5)8-18(19)20)9-17(16)22-11-13(3)4/h6-7,9,12-14H,8,10-11H2,1-5H3,(H,19,20). The van der Waals surface area contributed by atoms with Crippen LogP contribution in [0.3, 0.4) is 0 Å². The average Bonchev–Trinajstić information content (AvgIpc) is 2.42. The molecule has 0 fully saturated rings. The predicted molar refractivity (Wildman–Crippen MR) is 87.8 cm³/mol. The normalized spacial score (nSPS) is 12.5. The van der Waals surface area contributed by atoms with E-state index in [-0.39, 0.29) is 12.3 Å². The van der Waals surface area contributed by atoms with E-state index in [2.05, 4.69) is 27.7 Å². The minimum Gasteiger partial charge on any atom is -0.489 e. The zero-order chi connectivity index (χ0) is 16.7. The Labute approximate surface area is 133 Å². The summed E-state index contributed by atoms with van der Waals surface area (Å²) in [6.45, 7) is 11.5. The molecule has 1 unspecified atom stereocenters. The zero-order valence-electron chi connectivity index (χ0n) is 14.3. The van der Waals surface area contributed by atoms with Gasteiger partial charge in [0.1, 0.15) is 0 Å². The Hall–Kier alpha value is -1.71. The van der Waals surface area contributed by atoms with Crippen molar-refractivity contribution in [1.82, 2.24) is 0 Å². The van der Waals surface area contributed by atoms with E-state index in [1.807, 2.05) is 25.1 Å². The van der Waals surface area contributed by atoms with Crippen LogP contribution in [0.1, 0.15) is 52.5 Å². The molecule has 1 N–H and O–H groups in total. The summed E-state index contributed by atoms with van der Waals surface area (Å²) in [5.74, 6) is 1.42. The summed E-state index contributed by atoms with van der Waals surface area (Å²) < 4.78 is 11.7. The molecule has 1 aromatic carbocycles. The van der Waals surface area contributed by atoms with Crippen LogP contribution in [0.5, 0.6) is 11.5 Å². The van der Waals surface area contributed by atoms with Crippen molar-refractivity contribution in [1.29, 1.82) is 0 Å². The number of benzene rings is 1. The highest BCUT2D eigenvalue weighted by atomic mass is 16.5. The molecule has 124 valence electrons. The molecule has 0 amide bonds. The van der Waals surface area contributed by atoms with Crippen LogP contribution in [0, 0.1) is 11.8 Å². The summed E-state index contributed by atoms with van der Waals surface area (Å²) in [7, 11) is 0. The molecule has 22 heavy (non-hydrogen) atoms. The van der Waals surface area contributed by atoms with Gasteiger partial charge in [-0.15, -0.1) is 0 Å². The van der Waals surface area contributed by atoms with E-state index in [4.69, 9.17) is 14.6 Å². The van der Waals surface area contributed by atoms with E-state index in [0.29, 0.717) is 30.8 Å². The Balaban J connectivity index is 2.94. The van der Waals surface area contributed by atoms with Gasteiger partial charge in [-0.1, -0.05) is 40.7 Å². The second-order valence-corrected chi connectivity index (χ2v) is 6.61. The fourth-order valence-electron chi connectivity index (χ4n) is 1.96. The third-order valence-corrected chi connectivity index (χ3v) is 3.16. The van der Waals surface area contributed by atoms with Crippen LogP contribution in [0.2, 0.25) is 0 Å². The van der Waals surface area contributed by atoms with Crippen LogP contribution >= 0.6 is 0 Å². The Morgan fingerprint density at radius 1 is 1.00 bits per heavy atom. The van der Waals surface area contributed by atoms with Crippen LogP contribution in [-0.2, 0) is 4.79 Å². The van der Waals surface area contributed by atoms with E-state index >= 15 is 0 Å². The highest BCUT2D eigenvalue weighted by Crippen LogP contribution is 2.32. The summed E-state index contributed by atoms with van der Waals surface area (Å²) in [5.41, 5.74) is 0.957. The van der Waals surface area contributed by atoms with Gasteiger partial charge in [0.05, 0.1) is 19.6 Å². The molecule has 1 aromatic rings. The second-order valence-electron chi connectivity index (χ2n) is 6.61. The first-order chi connectivity index (χ1) is 10.3. The molecular formula is C18H28O4. The SMILES string of the molecule is CC(C)COc1ccc(C(C)CC(=O)O)cc1OCC(C)C. The van der Waals surface area contributed by atoms with Gasteiger partial charge < -0.3 is 14.6 Å². The van der Waals surface area contributed by atoms with Crippen molar-refractivity contribution in [3.63, 3.8) is 0 Å². The summed E-state index contributed by atoms with van der Waals surface area (Å²) in [6, 6.07) is 5.71. The second kappa shape index (κ2) is 8.66. The minimum absolute atomic E-state index is 0.0574. The minimum atomic E-state index is -0.794. The lowest BCUT2D eigenvalue weighted by molar-refractivity contribution is -0.137. The van der Waals surface area contributed by atoms with Gasteiger partial charge in [0, 0.05) is 0 Å². The molecule has 1 atom stereocenters. The van der Waals surface area contributed by atoms with Gasteiger partial charge in [-0.3, -0.25) is 4.79 Å². The van der Waals surface area contributed by atoms with Gasteiger partial charge in [0.15, 0.2) is 11.5 Å². The number of carbonyl (C=O) groups is 1. The van der Waals surface area contributed by atoms with E-state index in [1.54, 1.807) is 0 Å². The first kappa shape index (κ1) is 18.3. The van der Waals surface area contributed by atoms with Crippen LogP contribution in [0.25, 0.3) is 0 Å². The topological polar surface area (TPSA) is 55.8 Å². The summed E-state index contributed by atoms with van der Waals surface area (Å²) in [5, 5.41) is 8.93. The summed E-state index contributed by atoms with van der Waals surface area (Å²) in [4.78, 5) is 10.9. The van der Waals surface area contributed by atoms with Crippen LogP contribution in [0.15, 0.2) is 18.2 Å². The third kappa shape index (κ3) is 6.37. The molecule has 0 spiro atoms. The number of carboxylic acid groups (broad SMARTS) is 1. The van der Waals surface area contributed by atoms with Crippen molar-refractivity contribution in [2.75, 3.05) is 13.2 Å². The zero-order valence-corrected chi connectivity index (χ0v) is 14.3. The lowest BCUT2D eigenvalue weighted by Crippen LogP contribution is -2.10. The number of aliphatic carboxylic acids is 1. The number of rotatable bonds is 9. The van der Waals surface area contributed by atoms with E-state index < -0.39 is 5.97 Å². The first-order valence-electron chi connectivity index (χ1n) is 7.91. The molecule has 0 bridgehead atoms. The van der Waals surface area contributed by atoms with Gasteiger partial charge in [0.25, 0.3) is 0 Å². The van der Waals surface area contributed by atoms with Crippen molar-refractivity contribution in [2.45, 2.75) is 47.0 Å². The summed E-state index contributed by atoms with van der Waals surface area (Å²) >= 11 is 0. The van der Waals surface area contributed by atoms with Crippen LogP contribution in [-0.4, -0.2) is 24.3 Å². The van der Waals surface area contributed by atoms with E-state index in [1.165, 1.54) is 0 Å². The van der Waals surface area contributed by atoms with Gasteiger partial charge in [-0.25, -0.2) is 0 Å². The molecule has 4 nitrogen and oxygen atoms in total. The number of carboxylic acids is 1. The van der Waals surface area contributed by atoms with Gasteiger partial charge >= 0.3 is 5.97 Å². The van der Waals surface area contributed by atoms with E-state index in [9.17, 15) is 4.79 Å². The van der Waals surface area contributed by atoms with Crippen molar-refractivity contribution in [3.8, 4) is 11.5 Å². The van der Waals surface area contributed by atoms with Crippen LogP contribution < -0.4 is 9.47 Å². The average molecular weight is 308 g/mol. The molecule has 1 rings (SSSR count). The molecule has 0 aromatic heterocycles. The summed E-state index contributed by atoms with van der Waals surface area (Å²) in [6.07, 6.45) is 0.107. The molecule has 0 aliphatic rings. The maximum absolute atomic E-state index is 10.9. The smallest absolute Gasteiger partial charge is 0.303 e. The third-order valence-electron chi connectivity index (χ3n) is 3.16. The Morgan fingerprint density at radius 3 is 2.05 bits per heavy atom. The first-order valence-corrected chi connectivity index (χ1v) is 7.91. The monoisotopic (exact) mass is 308 g/mol.